The van der Waals surface area contributed by atoms with Crippen LogP contribution in [0.5, 0.6) is 0 Å². The Kier molecular flexibility index (Phi) is 2.36. The summed E-state index contributed by atoms with van der Waals surface area (Å²) in [7, 11) is 0. The first-order chi connectivity index (χ1) is 5.00. The molecule has 11 heavy (non-hydrogen) atoms. The average molecular weight is 153 g/mol. The highest BCUT2D eigenvalue weighted by molar-refractivity contribution is 5.82. The molecule has 0 bridgehead atoms. The van der Waals surface area contributed by atoms with Gasteiger partial charge in [-0.25, -0.2) is 0 Å². The molecule has 1 heteroatoms. The van der Waals surface area contributed by atoms with Crippen LogP contribution < -0.4 is 0 Å². The SMILES string of the molecule is CC1=NCC(C(C)(C)C)CC1. The first-order valence-corrected chi connectivity index (χ1v) is 4.50. The van der Waals surface area contributed by atoms with Gasteiger partial charge in [-0.15, -0.1) is 0 Å². The van der Waals surface area contributed by atoms with E-state index < -0.39 is 0 Å². The summed E-state index contributed by atoms with van der Waals surface area (Å²) in [6, 6.07) is 0. The van der Waals surface area contributed by atoms with Gasteiger partial charge in [-0.2, -0.15) is 0 Å². The van der Waals surface area contributed by atoms with Crippen LogP contribution in [0.3, 0.4) is 0 Å². The van der Waals surface area contributed by atoms with Crippen molar-refractivity contribution < 1.29 is 0 Å². The topological polar surface area (TPSA) is 12.4 Å². The van der Waals surface area contributed by atoms with Gasteiger partial charge in [0.2, 0.25) is 0 Å². The quantitative estimate of drug-likeness (QED) is 0.507. The summed E-state index contributed by atoms with van der Waals surface area (Å²) >= 11 is 0. The second-order valence-electron chi connectivity index (χ2n) is 4.68. The van der Waals surface area contributed by atoms with Gasteiger partial charge in [-0.05, 0) is 31.1 Å². The molecule has 1 heterocycles. The lowest BCUT2D eigenvalue weighted by atomic mass is 9.77. The highest BCUT2D eigenvalue weighted by Crippen LogP contribution is 2.32. The predicted molar refractivity (Wildman–Crippen MR) is 50.2 cm³/mol. The van der Waals surface area contributed by atoms with Crippen LogP contribution in [-0.4, -0.2) is 12.3 Å². The Morgan fingerprint density at radius 2 is 2.00 bits per heavy atom. The fourth-order valence-corrected chi connectivity index (χ4v) is 1.53. The normalized spacial score (nSPS) is 26.5. The summed E-state index contributed by atoms with van der Waals surface area (Å²) in [5.74, 6) is 0.797. The van der Waals surface area contributed by atoms with Gasteiger partial charge in [-0.3, -0.25) is 4.99 Å². The Bertz CT molecular complexity index is 162. The standard InChI is InChI=1S/C10H19N/c1-8-5-6-9(7-11-8)10(2,3)4/h9H,5-7H2,1-4H3. The number of aliphatic imine (C=N–C) groups is 1. The van der Waals surface area contributed by atoms with Crippen molar-refractivity contribution in [1.82, 2.24) is 0 Å². The third-order valence-corrected chi connectivity index (χ3v) is 2.66. The second-order valence-corrected chi connectivity index (χ2v) is 4.68. The van der Waals surface area contributed by atoms with E-state index in [2.05, 4.69) is 32.7 Å². The third-order valence-electron chi connectivity index (χ3n) is 2.66. The van der Waals surface area contributed by atoms with Crippen molar-refractivity contribution in [2.45, 2.75) is 40.5 Å². The predicted octanol–water partition coefficient (Wildman–Crippen LogP) is 2.90. The molecule has 0 N–H and O–H groups in total. The molecule has 64 valence electrons. The summed E-state index contributed by atoms with van der Waals surface area (Å²) in [6.07, 6.45) is 2.54. The van der Waals surface area contributed by atoms with Crippen LogP contribution in [0.1, 0.15) is 40.5 Å². The minimum absolute atomic E-state index is 0.449. The van der Waals surface area contributed by atoms with Gasteiger partial charge in [0.05, 0.1) is 0 Å². The zero-order chi connectivity index (χ0) is 8.48. The molecule has 0 aliphatic carbocycles. The molecule has 1 rings (SSSR count). The summed E-state index contributed by atoms with van der Waals surface area (Å²) in [5.41, 5.74) is 1.79. The van der Waals surface area contributed by atoms with Crippen LogP contribution in [0.4, 0.5) is 0 Å². The van der Waals surface area contributed by atoms with Gasteiger partial charge in [0, 0.05) is 12.3 Å². The zero-order valence-corrected chi connectivity index (χ0v) is 8.15. The van der Waals surface area contributed by atoms with E-state index in [0.29, 0.717) is 5.41 Å². The molecular formula is C10H19N. The third kappa shape index (κ3) is 2.32. The lowest BCUT2D eigenvalue weighted by Crippen LogP contribution is -2.26. The van der Waals surface area contributed by atoms with Crippen LogP contribution in [0, 0.1) is 11.3 Å². The lowest BCUT2D eigenvalue weighted by Gasteiger charge is -2.32. The number of hydrogen-bond acceptors (Lipinski definition) is 1. The molecule has 1 nitrogen and oxygen atoms in total. The van der Waals surface area contributed by atoms with Gasteiger partial charge in [0.1, 0.15) is 0 Å². The molecule has 0 aromatic rings. The fraction of sp³-hybridized carbons (Fsp3) is 0.900. The van der Waals surface area contributed by atoms with Crippen molar-refractivity contribution in [2.75, 3.05) is 6.54 Å². The smallest absolute Gasteiger partial charge is 0.0421 e. The molecule has 0 aromatic heterocycles. The van der Waals surface area contributed by atoms with E-state index in [1.54, 1.807) is 0 Å². The molecule has 1 atom stereocenters. The van der Waals surface area contributed by atoms with Crippen molar-refractivity contribution in [3.63, 3.8) is 0 Å². The number of nitrogens with zero attached hydrogens (tertiary/aromatic N) is 1. The summed E-state index contributed by atoms with van der Waals surface area (Å²) < 4.78 is 0. The van der Waals surface area contributed by atoms with E-state index in [-0.39, 0.29) is 0 Å². The molecule has 0 aromatic carbocycles. The van der Waals surface area contributed by atoms with E-state index in [0.717, 1.165) is 12.5 Å². The first kappa shape index (κ1) is 8.76. The maximum absolute atomic E-state index is 4.49. The Morgan fingerprint density at radius 3 is 2.36 bits per heavy atom. The Balaban J connectivity index is 2.54. The molecular weight excluding hydrogens is 134 g/mol. The van der Waals surface area contributed by atoms with Crippen molar-refractivity contribution >= 4 is 5.71 Å². The van der Waals surface area contributed by atoms with E-state index in [1.165, 1.54) is 18.6 Å². The van der Waals surface area contributed by atoms with Crippen LogP contribution >= 0.6 is 0 Å². The summed E-state index contributed by atoms with van der Waals surface area (Å²) in [4.78, 5) is 4.49. The summed E-state index contributed by atoms with van der Waals surface area (Å²) in [6.45, 7) is 10.1. The van der Waals surface area contributed by atoms with Crippen LogP contribution in [0.15, 0.2) is 4.99 Å². The van der Waals surface area contributed by atoms with Gasteiger partial charge in [0.25, 0.3) is 0 Å². The molecule has 0 fully saturated rings. The molecule has 0 amide bonds. The summed E-state index contributed by atoms with van der Waals surface area (Å²) in [5, 5.41) is 0. The zero-order valence-electron chi connectivity index (χ0n) is 8.15. The Hall–Kier alpha value is -0.330. The van der Waals surface area contributed by atoms with Crippen molar-refractivity contribution in [1.29, 1.82) is 0 Å². The monoisotopic (exact) mass is 153 g/mol. The van der Waals surface area contributed by atoms with Crippen LogP contribution in [-0.2, 0) is 0 Å². The van der Waals surface area contributed by atoms with Gasteiger partial charge >= 0.3 is 0 Å². The first-order valence-electron chi connectivity index (χ1n) is 4.50. The van der Waals surface area contributed by atoms with Gasteiger partial charge < -0.3 is 0 Å². The fourth-order valence-electron chi connectivity index (χ4n) is 1.53. The molecule has 1 aliphatic heterocycles. The minimum Gasteiger partial charge on any atom is -0.294 e. The van der Waals surface area contributed by atoms with E-state index in [9.17, 15) is 0 Å². The van der Waals surface area contributed by atoms with E-state index in [1.807, 2.05) is 0 Å². The van der Waals surface area contributed by atoms with Gasteiger partial charge in [0.15, 0.2) is 0 Å². The minimum atomic E-state index is 0.449. The highest BCUT2D eigenvalue weighted by Gasteiger charge is 2.25. The maximum Gasteiger partial charge on any atom is 0.0421 e. The molecule has 0 spiro atoms. The molecule has 0 radical (unpaired) electrons. The molecule has 1 unspecified atom stereocenters. The lowest BCUT2D eigenvalue weighted by molar-refractivity contribution is 0.231. The molecule has 1 aliphatic rings. The average Bonchev–Trinajstić information content (AvgIpc) is 1.86. The maximum atomic E-state index is 4.49. The van der Waals surface area contributed by atoms with Crippen molar-refractivity contribution in [3.05, 3.63) is 0 Å². The largest absolute Gasteiger partial charge is 0.294 e. The number of hydrogen-bond donors (Lipinski definition) is 0. The highest BCUT2D eigenvalue weighted by atomic mass is 14.8. The van der Waals surface area contributed by atoms with Crippen molar-refractivity contribution in [2.24, 2.45) is 16.3 Å². The van der Waals surface area contributed by atoms with E-state index >= 15 is 0 Å². The van der Waals surface area contributed by atoms with Crippen molar-refractivity contribution in [3.8, 4) is 0 Å². The van der Waals surface area contributed by atoms with Gasteiger partial charge in [-0.1, -0.05) is 20.8 Å². The molecule has 0 saturated heterocycles. The Labute approximate surface area is 69.9 Å². The number of rotatable bonds is 0. The van der Waals surface area contributed by atoms with E-state index in [4.69, 9.17) is 0 Å². The molecule has 0 saturated carbocycles. The van der Waals surface area contributed by atoms with Crippen LogP contribution in [0.2, 0.25) is 0 Å². The van der Waals surface area contributed by atoms with Crippen LogP contribution in [0.25, 0.3) is 0 Å². The second kappa shape index (κ2) is 2.96. The Morgan fingerprint density at radius 1 is 1.36 bits per heavy atom.